The molecule has 1 radical (unpaired) electrons. The van der Waals surface area contributed by atoms with E-state index in [2.05, 4.69) is 22.1 Å². The second kappa shape index (κ2) is 15.7. The monoisotopic (exact) mass is 508 g/mol. The number of ether oxygens (including phenoxy) is 1. The molecule has 0 N–H and O–H groups in total. The number of aromatic nitrogens is 5. The van der Waals surface area contributed by atoms with E-state index < -0.39 is 10.2 Å². The van der Waals surface area contributed by atoms with E-state index in [-0.39, 0.29) is 22.7 Å². The van der Waals surface area contributed by atoms with E-state index in [9.17, 15) is 4.79 Å². The molecule has 0 atom stereocenters. The van der Waals surface area contributed by atoms with Crippen LogP contribution in [0, 0.1) is 30.6 Å². The molecule has 3 rings (SSSR count). The summed E-state index contributed by atoms with van der Waals surface area (Å²) in [5, 5.41) is 37.8. The van der Waals surface area contributed by atoms with Gasteiger partial charge in [0.25, 0.3) is 0 Å². The van der Waals surface area contributed by atoms with Gasteiger partial charge < -0.3 is 35.4 Å². The Bertz CT molecular complexity index is 911. The van der Waals surface area contributed by atoms with Crippen molar-refractivity contribution in [1.29, 1.82) is 0 Å². The van der Waals surface area contributed by atoms with Gasteiger partial charge in [0.2, 0.25) is 0 Å². The Kier molecular flexibility index (Phi) is 13.8. The van der Waals surface area contributed by atoms with Gasteiger partial charge in [-0.2, -0.15) is 10.2 Å². The molecule has 0 fully saturated rings. The third kappa shape index (κ3) is 11.8. The van der Waals surface area contributed by atoms with Crippen LogP contribution in [0.2, 0.25) is 0 Å². The van der Waals surface area contributed by atoms with Crippen LogP contribution in [0.25, 0.3) is 11.6 Å². The van der Waals surface area contributed by atoms with Crippen LogP contribution in [0.3, 0.4) is 0 Å². The SMILES string of the molecule is CCCCCOC(=O)c1cc(-n2cccn2)nc(-n2cccn2)c1.O=[N+]([O-])[O-].O=[N+]([O-])[O-].[Co+2]. The summed E-state index contributed by atoms with van der Waals surface area (Å²) in [5.41, 5.74) is 0.428. The van der Waals surface area contributed by atoms with Crippen LogP contribution >= 0.6 is 0 Å². The number of hydrogen-bond acceptors (Lipinski definition) is 11. The molecule has 3 aromatic heterocycles. The van der Waals surface area contributed by atoms with E-state index in [4.69, 9.17) is 35.4 Å². The van der Waals surface area contributed by atoms with E-state index in [1.54, 1.807) is 58.4 Å². The third-order valence-electron chi connectivity index (χ3n) is 3.49. The molecule has 0 spiro atoms. The fraction of sp³-hybridized carbons (Fsp3) is 0.294. The Morgan fingerprint density at radius 1 is 0.939 bits per heavy atom. The van der Waals surface area contributed by atoms with Crippen LogP contribution in [0.1, 0.15) is 36.5 Å². The predicted octanol–water partition coefficient (Wildman–Crippen LogP) is 2.32. The van der Waals surface area contributed by atoms with Crippen molar-refractivity contribution in [1.82, 2.24) is 24.5 Å². The van der Waals surface area contributed by atoms with Gasteiger partial charge in [-0.3, -0.25) is 0 Å². The van der Waals surface area contributed by atoms with Gasteiger partial charge in [-0.15, -0.1) is 0 Å². The molecule has 16 heteroatoms. The molecule has 0 aliphatic heterocycles. The average Bonchev–Trinajstić information content (AvgIpc) is 3.44. The molecule has 0 aliphatic rings. The fourth-order valence-corrected chi connectivity index (χ4v) is 2.26. The third-order valence-corrected chi connectivity index (χ3v) is 3.49. The van der Waals surface area contributed by atoms with Gasteiger partial charge in [0, 0.05) is 24.8 Å². The van der Waals surface area contributed by atoms with E-state index >= 15 is 0 Å². The van der Waals surface area contributed by atoms with Crippen LogP contribution in [0.5, 0.6) is 0 Å². The number of unbranched alkanes of at least 4 members (excludes halogenated alkanes) is 2. The maximum atomic E-state index is 12.3. The Balaban J connectivity index is 0.000000991. The second-order valence-electron chi connectivity index (χ2n) is 5.76. The number of carbonyl (C=O) groups excluding carboxylic acids is 1. The minimum atomic E-state index is -1.75. The molecule has 3 heterocycles. The number of pyridine rings is 1. The number of carbonyl (C=O) groups is 1. The smallest absolute Gasteiger partial charge is 0.462 e. The van der Waals surface area contributed by atoms with Crippen molar-refractivity contribution in [3.8, 4) is 11.6 Å². The molecule has 179 valence electrons. The summed E-state index contributed by atoms with van der Waals surface area (Å²) in [6, 6.07) is 6.93. The molecule has 0 bridgehead atoms. The zero-order valence-electron chi connectivity index (χ0n) is 17.2. The topological polar surface area (TPSA) is 207 Å². The minimum Gasteiger partial charge on any atom is -0.462 e. The second-order valence-corrected chi connectivity index (χ2v) is 5.76. The summed E-state index contributed by atoms with van der Waals surface area (Å²) in [6.07, 6.45) is 9.85. The van der Waals surface area contributed by atoms with Gasteiger partial charge in [0.05, 0.1) is 22.3 Å². The molecule has 33 heavy (non-hydrogen) atoms. The van der Waals surface area contributed by atoms with Crippen LogP contribution < -0.4 is 0 Å². The summed E-state index contributed by atoms with van der Waals surface area (Å²) in [5.74, 6) is 0.706. The maximum Gasteiger partial charge on any atom is 2.00 e. The Morgan fingerprint density at radius 3 is 1.76 bits per heavy atom. The number of nitrogens with zero attached hydrogens (tertiary/aromatic N) is 7. The summed E-state index contributed by atoms with van der Waals surface area (Å²) < 4.78 is 8.54. The molecule has 0 amide bonds. The zero-order chi connectivity index (χ0) is 23.9. The summed E-state index contributed by atoms with van der Waals surface area (Å²) in [6.45, 7) is 2.53. The first-order valence-corrected chi connectivity index (χ1v) is 9.06. The van der Waals surface area contributed by atoms with Crippen molar-refractivity contribution in [2.24, 2.45) is 0 Å². The number of hydrogen-bond donors (Lipinski definition) is 0. The minimum absolute atomic E-state index is 0. The molecule has 0 saturated carbocycles. The van der Waals surface area contributed by atoms with Gasteiger partial charge in [-0.1, -0.05) is 19.8 Å². The van der Waals surface area contributed by atoms with Crippen molar-refractivity contribution in [3.63, 3.8) is 0 Å². The summed E-state index contributed by atoms with van der Waals surface area (Å²) >= 11 is 0. The van der Waals surface area contributed by atoms with E-state index in [0.717, 1.165) is 19.3 Å². The van der Waals surface area contributed by atoms with Gasteiger partial charge >= 0.3 is 22.7 Å². The molecular formula is C17H19CoN7O8. The predicted molar refractivity (Wildman–Crippen MR) is 109 cm³/mol. The number of rotatable bonds is 7. The van der Waals surface area contributed by atoms with Crippen molar-refractivity contribution in [2.45, 2.75) is 26.2 Å². The first kappa shape index (κ1) is 28.9. The largest absolute Gasteiger partial charge is 2.00 e. The van der Waals surface area contributed by atoms with Crippen molar-refractivity contribution in [3.05, 3.63) is 85.3 Å². The van der Waals surface area contributed by atoms with Gasteiger partial charge in [0.15, 0.2) is 11.6 Å². The van der Waals surface area contributed by atoms with Gasteiger partial charge in [-0.25, -0.2) is 19.1 Å². The molecule has 0 aromatic carbocycles. The van der Waals surface area contributed by atoms with Crippen LogP contribution in [0.4, 0.5) is 0 Å². The first-order valence-electron chi connectivity index (χ1n) is 9.06. The Hall–Kier alpha value is -4.05. The normalized spacial score (nSPS) is 9.24. The van der Waals surface area contributed by atoms with Crippen LogP contribution in [-0.4, -0.2) is 47.3 Å². The van der Waals surface area contributed by atoms with E-state index in [1.165, 1.54) is 0 Å². The first-order chi connectivity index (χ1) is 15.2. The maximum absolute atomic E-state index is 12.3. The molecular weight excluding hydrogens is 489 g/mol. The summed E-state index contributed by atoms with van der Waals surface area (Å²) in [7, 11) is 0. The van der Waals surface area contributed by atoms with Crippen molar-refractivity contribution in [2.75, 3.05) is 6.61 Å². The molecule has 0 saturated heterocycles. The van der Waals surface area contributed by atoms with Crippen molar-refractivity contribution < 1.29 is 36.5 Å². The van der Waals surface area contributed by atoms with E-state index in [0.29, 0.717) is 23.8 Å². The molecule has 3 aromatic rings. The van der Waals surface area contributed by atoms with Crippen LogP contribution in [0.15, 0.2) is 49.1 Å². The molecule has 0 aliphatic carbocycles. The Labute approximate surface area is 197 Å². The molecule has 15 nitrogen and oxygen atoms in total. The standard InChI is InChI=1S/C17H19N5O2.Co.2NO3/c1-2-3-4-11-24-17(23)14-12-15(21-9-5-7-18-21)20-16(13-14)22-10-6-8-19-22;;2*2-1(3)4/h5-10,12-13H,2-4,11H2,1H3;;;/q;+2;2*-1. The Morgan fingerprint density at radius 2 is 1.39 bits per heavy atom. The fourth-order valence-electron chi connectivity index (χ4n) is 2.26. The van der Waals surface area contributed by atoms with Crippen LogP contribution in [-0.2, 0) is 21.5 Å². The number of esters is 1. The molecule has 0 unspecified atom stereocenters. The average molecular weight is 508 g/mol. The van der Waals surface area contributed by atoms with Gasteiger partial charge in [-0.05, 0) is 30.7 Å². The van der Waals surface area contributed by atoms with Crippen molar-refractivity contribution >= 4 is 5.97 Å². The van der Waals surface area contributed by atoms with E-state index in [1.807, 2.05) is 0 Å². The summed E-state index contributed by atoms with van der Waals surface area (Å²) in [4.78, 5) is 33.3. The quantitative estimate of drug-likeness (QED) is 0.196. The van der Waals surface area contributed by atoms with Gasteiger partial charge in [0.1, 0.15) is 0 Å². The zero-order valence-corrected chi connectivity index (χ0v) is 18.2.